The van der Waals surface area contributed by atoms with Crippen molar-refractivity contribution in [3.63, 3.8) is 0 Å². The Morgan fingerprint density at radius 2 is 1.63 bits per heavy atom. The number of carbonyl (C=O) groups is 1. The van der Waals surface area contributed by atoms with E-state index < -0.39 is 6.16 Å². The molecule has 19 heavy (non-hydrogen) atoms. The maximum atomic E-state index is 11.2. The number of rotatable bonds is 4. The van der Waals surface area contributed by atoms with Crippen LogP contribution in [0.3, 0.4) is 0 Å². The molecule has 0 unspecified atom stereocenters. The first-order valence-corrected chi connectivity index (χ1v) is 5.90. The minimum Gasteiger partial charge on any atom is -0.430 e. The normalized spacial score (nSPS) is 9.68. The van der Waals surface area contributed by atoms with Gasteiger partial charge in [-0.15, -0.1) is 0 Å². The average Bonchev–Trinajstić information content (AvgIpc) is 2.47. The van der Waals surface area contributed by atoms with E-state index in [1.165, 1.54) is 6.08 Å². The largest absolute Gasteiger partial charge is 0.514 e. The lowest BCUT2D eigenvalue weighted by Gasteiger charge is -2.05. The second-order valence-corrected chi connectivity index (χ2v) is 3.84. The highest BCUT2D eigenvalue weighted by Crippen LogP contribution is 2.22. The minimum absolute atomic E-state index is 0.140. The summed E-state index contributed by atoms with van der Waals surface area (Å²) < 4.78 is 9.73. The van der Waals surface area contributed by atoms with E-state index in [-0.39, 0.29) is 6.61 Å². The van der Waals surface area contributed by atoms with Crippen molar-refractivity contribution in [1.82, 2.24) is 0 Å². The van der Waals surface area contributed by atoms with Gasteiger partial charge in [0.1, 0.15) is 12.4 Å². The van der Waals surface area contributed by atoms with Crippen molar-refractivity contribution in [2.75, 3.05) is 6.61 Å². The van der Waals surface area contributed by atoms with Crippen LogP contribution in [0.4, 0.5) is 4.79 Å². The van der Waals surface area contributed by atoms with Crippen LogP contribution in [-0.2, 0) is 4.74 Å². The fourth-order valence-corrected chi connectivity index (χ4v) is 1.60. The molecule has 2 rings (SSSR count). The third-order valence-corrected chi connectivity index (χ3v) is 2.48. The number of ether oxygens (including phenoxy) is 2. The molecule has 0 heterocycles. The molecule has 0 atom stereocenters. The zero-order valence-corrected chi connectivity index (χ0v) is 10.4. The van der Waals surface area contributed by atoms with Gasteiger partial charge < -0.3 is 9.47 Å². The van der Waals surface area contributed by atoms with Crippen molar-refractivity contribution in [1.29, 1.82) is 0 Å². The molecule has 0 saturated carbocycles. The highest BCUT2D eigenvalue weighted by Gasteiger charge is 2.05. The number of carbonyl (C=O) groups excluding carboxylic acids is 1. The molecule has 0 spiro atoms. The molecule has 2 aromatic rings. The molecule has 0 amide bonds. The Hall–Kier alpha value is -2.55. The topological polar surface area (TPSA) is 35.5 Å². The van der Waals surface area contributed by atoms with Crippen LogP contribution in [0, 0.1) is 0 Å². The Kier molecular flexibility index (Phi) is 4.34. The van der Waals surface area contributed by atoms with Crippen LogP contribution in [0.5, 0.6) is 5.75 Å². The van der Waals surface area contributed by atoms with E-state index in [1.54, 1.807) is 12.1 Å². The number of hydrogen-bond acceptors (Lipinski definition) is 3. The highest BCUT2D eigenvalue weighted by molar-refractivity contribution is 5.67. The van der Waals surface area contributed by atoms with Crippen LogP contribution in [0.2, 0.25) is 0 Å². The molecule has 96 valence electrons. The van der Waals surface area contributed by atoms with Crippen molar-refractivity contribution >= 4 is 6.16 Å². The second kappa shape index (κ2) is 6.40. The van der Waals surface area contributed by atoms with Crippen LogP contribution in [0.25, 0.3) is 11.1 Å². The van der Waals surface area contributed by atoms with Crippen LogP contribution < -0.4 is 4.74 Å². The Balaban J connectivity index is 2.03. The number of hydrogen-bond donors (Lipinski definition) is 0. The van der Waals surface area contributed by atoms with Crippen molar-refractivity contribution in [3.8, 4) is 16.9 Å². The van der Waals surface area contributed by atoms with Crippen molar-refractivity contribution in [2.24, 2.45) is 0 Å². The molecule has 0 aromatic heterocycles. The lowest BCUT2D eigenvalue weighted by atomic mass is 10.1. The molecular weight excluding hydrogens is 240 g/mol. The van der Waals surface area contributed by atoms with Crippen molar-refractivity contribution in [3.05, 3.63) is 67.3 Å². The molecule has 0 bridgehead atoms. The lowest BCUT2D eigenvalue weighted by Crippen LogP contribution is -2.10. The van der Waals surface area contributed by atoms with Gasteiger partial charge in [-0.2, -0.15) is 0 Å². The highest BCUT2D eigenvalue weighted by atomic mass is 16.7. The standard InChI is InChI=1S/C16H14O3/c1-2-12-18-16(17)19-15-10-8-14(9-11-15)13-6-4-3-5-7-13/h2-11H,1,12H2. The molecule has 0 aliphatic heterocycles. The van der Waals surface area contributed by atoms with Crippen molar-refractivity contribution < 1.29 is 14.3 Å². The van der Waals surface area contributed by atoms with E-state index in [0.717, 1.165) is 11.1 Å². The van der Waals surface area contributed by atoms with Gasteiger partial charge >= 0.3 is 6.16 Å². The van der Waals surface area contributed by atoms with Gasteiger partial charge in [0.25, 0.3) is 0 Å². The summed E-state index contributed by atoms with van der Waals surface area (Å²) in [4.78, 5) is 11.2. The zero-order chi connectivity index (χ0) is 13.5. The van der Waals surface area contributed by atoms with Gasteiger partial charge in [0, 0.05) is 0 Å². The van der Waals surface area contributed by atoms with Crippen LogP contribution in [-0.4, -0.2) is 12.8 Å². The Morgan fingerprint density at radius 1 is 1.00 bits per heavy atom. The fraction of sp³-hybridized carbons (Fsp3) is 0.0625. The Labute approximate surface area is 112 Å². The minimum atomic E-state index is -0.729. The first-order chi connectivity index (χ1) is 9.29. The molecule has 0 fully saturated rings. The van der Waals surface area contributed by atoms with Crippen LogP contribution >= 0.6 is 0 Å². The lowest BCUT2D eigenvalue weighted by molar-refractivity contribution is 0.109. The van der Waals surface area contributed by atoms with Crippen molar-refractivity contribution in [2.45, 2.75) is 0 Å². The third kappa shape index (κ3) is 3.71. The zero-order valence-electron chi connectivity index (χ0n) is 10.4. The molecule has 0 N–H and O–H groups in total. The maximum absolute atomic E-state index is 11.2. The quantitative estimate of drug-likeness (QED) is 0.469. The summed E-state index contributed by atoms with van der Waals surface area (Å²) in [5.74, 6) is 0.453. The van der Waals surface area contributed by atoms with Gasteiger partial charge in [-0.3, -0.25) is 0 Å². The molecule has 3 nitrogen and oxygen atoms in total. The van der Waals surface area contributed by atoms with E-state index in [4.69, 9.17) is 9.47 Å². The van der Waals surface area contributed by atoms with Crippen LogP contribution in [0.15, 0.2) is 67.3 Å². The molecule has 0 radical (unpaired) electrons. The van der Waals surface area contributed by atoms with E-state index in [0.29, 0.717) is 5.75 Å². The molecule has 0 aliphatic rings. The predicted molar refractivity (Wildman–Crippen MR) is 74.1 cm³/mol. The summed E-state index contributed by atoms with van der Waals surface area (Å²) in [6.45, 7) is 3.59. The molecule has 2 aromatic carbocycles. The van der Waals surface area contributed by atoms with Gasteiger partial charge in [0.2, 0.25) is 0 Å². The summed E-state index contributed by atoms with van der Waals surface area (Å²) in [5, 5.41) is 0. The summed E-state index contributed by atoms with van der Waals surface area (Å²) in [7, 11) is 0. The average molecular weight is 254 g/mol. The monoisotopic (exact) mass is 254 g/mol. The number of benzene rings is 2. The molecule has 0 saturated heterocycles. The van der Waals surface area contributed by atoms with Gasteiger partial charge in [-0.05, 0) is 23.3 Å². The van der Waals surface area contributed by atoms with E-state index in [9.17, 15) is 4.79 Å². The first kappa shape index (κ1) is 12.9. The Morgan fingerprint density at radius 3 is 2.26 bits per heavy atom. The summed E-state index contributed by atoms with van der Waals surface area (Å²) in [5.41, 5.74) is 2.18. The Bertz CT molecular complexity index is 544. The smallest absolute Gasteiger partial charge is 0.430 e. The molecular formula is C16H14O3. The first-order valence-electron chi connectivity index (χ1n) is 5.90. The van der Waals surface area contributed by atoms with Gasteiger partial charge in [0.15, 0.2) is 0 Å². The molecule has 0 aliphatic carbocycles. The van der Waals surface area contributed by atoms with E-state index >= 15 is 0 Å². The third-order valence-electron chi connectivity index (χ3n) is 2.48. The summed E-state index contributed by atoms with van der Waals surface area (Å²) >= 11 is 0. The fourth-order valence-electron chi connectivity index (χ4n) is 1.60. The van der Waals surface area contributed by atoms with E-state index in [1.807, 2.05) is 42.5 Å². The SMILES string of the molecule is C=CCOC(=O)Oc1ccc(-c2ccccc2)cc1. The van der Waals surface area contributed by atoms with Gasteiger partial charge in [-0.25, -0.2) is 4.79 Å². The van der Waals surface area contributed by atoms with Gasteiger partial charge in [0.05, 0.1) is 0 Å². The predicted octanol–water partition coefficient (Wildman–Crippen LogP) is 4.06. The second-order valence-electron chi connectivity index (χ2n) is 3.84. The van der Waals surface area contributed by atoms with Gasteiger partial charge in [-0.1, -0.05) is 55.1 Å². The summed E-state index contributed by atoms with van der Waals surface area (Å²) in [6, 6.07) is 17.2. The van der Waals surface area contributed by atoms with E-state index in [2.05, 4.69) is 6.58 Å². The summed E-state index contributed by atoms with van der Waals surface area (Å²) in [6.07, 6.45) is 0.757. The maximum Gasteiger partial charge on any atom is 0.514 e. The van der Waals surface area contributed by atoms with Crippen LogP contribution in [0.1, 0.15) is 0 Å². The molecule has 3 heteroatoms.